The molecule has 1 aliphatic heterocycles. The molecule has 1 unspecified atom stereocenters. The first-order chi connectivity index (χ1) is 10.2. The van der Waals surface area contributed by atoms with Crippen LogP contribution in [0.25, 0.3) is 0 Å². The quantitative estimate of drug-likeness (QED) is 0.842. The van der Waals surface area contributed by atoms with Crippen molar-refractivity contribution in [3.8, 4) is 0 Å². The van der Waals surface area contributed by atoms with E-state index < -0.39 is 0 Å². The molecule has 1 saturated heterocycles. The first-order valence-electron chi connectivity index (χ1n) is 7.69. The summed E-state index contributed by atoms with van der Waals surface area (Å²) < 4.78 is 0. The highest BCUT2D eigenvalue weighted by Gasteiger charge is 2.21. The van der Waals surface area contributed by atoms with E-state index in [-0.39, 0.29) is 5.91 Å². The van der Waals surface area contributed by atoms with Gasteiger partial charge < -0.3 is 15.5 Å². The molecule has 21 heavy (non-hydrogen) atoms. The molecule has 0 radical (unpaired) electrons. The Morgan fingerprint density at radius 2 is 2.05 bits per heavy atom. The third-order valence-electron chi connectivity index (χ3n) is 4.02. The van der Waals surface area contributed by atoms with E-state index >= 15 is 0 Å². The second-order valence-electron chi connectivity index (χ2n) is 5.65. The highest BCUT2D eigenvalue weighted by atomic mass is 16.2. The lowest BCUT2D eigenvalue weighted by Gasteiger charge is -2.35. The lowest BCUT2D eigenvalue weighted by atomic mass is 10.0. The van der Waals surface area contributed by atoms with Crippen LogP contribution in [0.5, 0.6) is 0 Å². The third-order valence-corrected chi connectivity index (χ3v) is 4.02. The molecule has 116 valence electrons. The average Bonchev–Trinajstić information content (AvgIpc) is 2.54. The van der Waals surface area contributed by atoms with Crippen LogP contribution in [-0.4, -0.2) is 53.5 Å². The molecule has 6 nitrogen and oxygen atoms in total. The van der Waals surface area contributed by atoms with E-state index in [2.05, 4.69) is 21.8 Å². The van der Waals surface area contributed by atoms with Gasteiger partial charge >= 0.3 is 0 Å². The van der Waals surface area contributed by atoms with Crippen LogP contribution in [0, 0.1) is 5.92 Å². The number of carbonyl (C=O) groups is 1. The van der Waals surface area contributed by atoms with Gasteiger partial charge in [0.25, 0.3) is 0 Å². The zero-order chi connectivity index (χ0) is 15.1. The fourth-order valence-corrected chi connectivity index (χ4v) is 2.60. The lowest BCUT2D eigenvalue weighted by molar-refractivity contribution is -0.131. The van der Waals surface area contributed by atoms with Gasteiger partial charge in [-0.3, -0.25) is 9.78 Å². The maximum absolute atomic E-state index is 12.2. The minimum Gasteiger partial charge on any atom is -0.352 e. The molecule has 1 aromatic rings. The molecule has 0 spiro atoms. The third kappa shape index (κ3) is 4.67. The van der Waals surface area contributed by atoms with Crippen LogP contribution in [-0.2, 0) is 4.79 Å². The summed E-state index contributed by atoms with van der Waals surface area (Å²) in [6, 6.07) is 0. The number of carbonyl (C=O) groups excluding carboxylic acids is 1. The fraction of sp³-hybridized carbons (Fsp3) is 0.667. The largest absolute Gasteiger partial charge is 0.352 e. The molecule has 1 aromatic heterocycles. The van der Waals surface area contributed by atoms with E-state index in [1.807, 2.05) is 4.90 Å². The Balaban J connectivity index is 1.74. The zero-order valence-corrected chi connectivity index (χ0v) is 12.7. The number of aromatic nitrogens is 2. The van der Waals surface area contributed by atoms with E-state index in [1.54, 1.807) is 18.6 Å². The number of anilines is 1. The summed E-state index contributed by atoms with van der Waals surface area (Å²) in [4.78, 5) is 24.7. The van der Waals surface area contributed by atoms with E-state index in [9.17, 15) is 4.79 Å². The van der Waals surface area contributed by atoms with Crippen LogP contribution in [0.1, 0.15) is 26.2 Å². The second kappa shape index (κ2) is 7.93. The molecule has 1 atom stereocenters. The Hall–Kier alpha value is -1.69. The monoisotopic (exact) mass is 291 g/mol. The smallest absolute Gasteiger partial charge is 0.222 e. The molecule has 1 amide bonds. The van der Waals surface area contributed by atoms with Crippen molar-refractivity contribution in [3.63, 3.8) is 0 Å². The van der Waals surface area contributed by atoms with Crippen LogP contribution in [0.2, 0.25) is 0 Å². The van der Waals surface area contributed by atoms with Crippen molar-refractivity contribution in [2.45, 2.75) is 26.2 Å². The lowest BCUT2D eigenvalue weighted by Crippen LogP contribution is -2.49. The van der Waals surface area contributed by atoms with Gasteiger partial charge in [-0.1, -0.05) is 6.92 Å². The molecule has 0 saturated carbocycles. The number of nitrogens with zero attached hydrogens (tertiary/aromatic N) is 4. The molecular weight excluding hydrogens is 266 g/mol. The molecule has 2 N–H and O–H groups in total. The van der Waals surface area contributed by atoms with Crippen molar-refractivity contribution in [1.82, 2.24) is 14.9 Å². The topological polar surface area (TPSA) is 75.4 Å². The van der Waals surface area contributed by atoms with Crippen LogP contribution in [0.3, 0.4) is 0 Å². The summed E-state index contributed by atoms with van der Waals surface area (Å²) in [6.07, 6.45) is 7.70. The summed E-state index contributed by atoms with van der Waals surface area (Å²) in [5.41, 5.74) is 5.54. The van der Waals surface area contributed by atoms with Gasteiger partial charge in [0, 0.05) is 45.0 Å². The number of rotatable bonds is 6. The van der Waals surface area contributed by atoms with Gasteiger partial charge in [0.05, 0.1) is 6.20 Å². The molecule has 2 heterocycles. The average molecular weight is 291 g/mol. The summed E-state index contributed by atoms with van der Waals surface area (Å²) in [5.74, 6) is 1.68. The van der Waals surface area contributed by atoms with Gasteiger partial charge in [0.15, 0.2) is 0 Å². The number of piperazine rings is 1. The highest BCUT2D eigenvalue weighted by Crippen LogP contribution is 2.14. The van der Waals surface area contributed by atoms with Crippen LogP contribution in [0.15, 0.2) is 18.6 Å². The Morgan fingerprint density at radius 3 is 2.67 bits per heavy atom. The predicted octanol–water partition coefficient (Wildman–Crippen LogP) is 0.890. The van der Waals surface area contributed by atoms with E-state index in [1.165, 1.54) is 0 Å². The number of hydrogen-bond acceptors (Lipinski definition) is 5. The van der Waals surface area contributed by atoms with Crippen molar-refractivity contribution in [1.29, 1.82) is 0 Å². The van der Waals surface area contributed by atoms with E-state index in [0.717, 1.165) is 44.8 Å². The van der Waals surface area contributed by atoms with Gasteiger partial charge in [-0.05, 0) is 25.3 Å². The molecule has 1 fully saturated rings. The summed E-state index contributed by atoms with van der Waals surface area (Å²) in [6.45, 7) is 6.03. The molecular formula is C15H25N5O. The van der Waals surface area contributed by atoms with Crippen molar-refractivity contribution in [2.75, 3.05) is 37.6 Å². The molecule has 0 aromatic carbocycles. The Bertz CT molecular complexity index is 431. The molecule has 0 bridgehead atoms. The maximum atomic E-state index is 12.2. The Kier molecular flexibility index (Phi) is 5.92. The molecule has 2 rings (SSSR count). The van der Waals surface area contributed by atoms with Crippen LogP contribution < -0.4 is 10.6 Å². The number of amides is 1. The summed E-state index contributed by atoms with van der Waals surface area (Å²) in [7, 11) is 0. The van der Waals surface area contributed by atoms with Gasteiger partial charge in [0.2, 0.25) is 5.91 Å². The minimum absolute atomic E-state index is 0.262. The van der Waals surface area contributed by atoms with Crippen molar-refractivity contribution in [3.05, 3.63) is 18.6 Å². The molecule has 1 aliphatic rings. The van der Waals surface area contributed by atoms with Crippen LogP contribution >= 0.6 is 0 Å². The van der Waals surface area contributed by atoms with Crippen molar-refractivity contribution < 1.29 is 4.79 Å². The van der Waals surface area contributed by atoms with Gasteiger partial charge in [-0.2, -0.15) is 0 Å². The van der Waals surface area contributed by atoms with Gasteiger partial charge in [-0.15, -0.1) is 0 Å². The summed E-state index contributed by atoms with van der Waals surface area (Å²) >= 11 is 0. The molecule has 6 heteroatoms. The van der Waals surface area contributed by atoms with Gasteiger partial charge in [0.1, 0.15) is 5.82 Å². The van der Waals surface area contributed by atoms with Crippen LogP contribution in [0.4, 0.5) is 5.82 Å². The second-order valence-corrected chi connectivity index (χ2v) is 5.65. The van der Waals surface area contributed by atoms with Crippen molar-refractivity contribution in [2.24, 2.45) is 11.7 Å². The fourth-order valence-electron chi connectivity index (χ4n) is 2.60. The normalized spacial score (nSPS) is 16.9. The standard InChI is InChI=1S/C15H25N5O/c1-13(4-5-16)2-3-15(21)20-10-8-19(9-11-20)14-12-17-6-7-18-14/h6-7,12-13H,2-5,8-11,16H2,1H3. The first-order valence-corrected chi connectivity index (χ1v) is 7.69. The minimum atomic E-state index is 0.262. The molecule has 0 aliphatic carbocycles. The van der Waals surface area contributed by atoms with E-state index in [0.29, 0.717) is 18.9 Å². The van der Waals surface area contributed by atoms with E-state index in [4.69, 9.17) is 5.73 Å². The SMILES string of the molecule is CC(CCN)CCC(=O)N1CCN(c2cnccn2)CC1. The summed E-state index contributed by atoms with van der Waals surface area (Å²) in [5, 5.41) is 0. The highest BCUT2D eigenvalue weighted by molar-refractivity contribution is 5.76. The van der Waals surface area contributed by atoms with Crippen molar-refractivity contribution >= 4 is 11.7 Å². The number of nitrogens with two attached hydrogens (primary N) is 1. The maximum Gasteiger partial charge on any atom is 0.222 e. The predicted molar refractivity (Wildman–Crippen MR) is 82.9 cm³/mol. The van der Waals surface area contributed by atoms with Gasteiger partial charge in [-0.25, -0.2) is 4.98 Å². The first kappa shape index (κ1) is 15.7. The zero-order valence-electron chi connectivity index (χ0n) is 12.7. The Labute approximate surface area is 126 Å². The number of hydrogen-bond donors (Lipinski definition) is 1. The Morgan fingerprint density at radius 1 is 1.29 bits per heavy atom.